The first-order chi connectivity index (χ1) is 9.09. The highest BCUT2D eigenvalue weighted by Crippen LogP contribution is 2.46. The zero-order chi connectivity index (χ0) is 13.5. The Bertz CT molecular complexity index is 472. The molecule has 2 nitrogen and oxygen atoms in total. The van der Waals surface area contributed by atoms with E-state index in [1.807, 2.05) is 18.2 Å². The van der Waals surface area contributed by atoms with Crippen molar-refractivity contribution >= 4 is 11.6 Å². The van der Waals surface area contributed by atoms with Gasteiger partial charge in [-0.3, -0.25) is 0 Å². The lowest BCUT2D eigenvalue weighted by molar-refractivity contribution is 0.0348. The highest BCUT2D eigenvalue weighted by atomic mass is 35.5. The summed E-state index contributed by atoms with van der Waals surface area (Å²) in [6.45, 7) is 5.38. The number of halogens is 1. The molecule has 1 fully saturated rings. The monoisotopic (exact) mass is 279 g/mol. The average molecular weight is 280 g/mol. The molecule has 1 aromatic rings. The maximum atomic E-state index is 6.30. The van der Waals surface area contributed by atoms with Crippen LogP contribution in [-0.2, 0) is 0 Å². The van der Waals surface area contributed by atoms with Crippen LogP contribution >= 0.6 is 11.6 Å². The van der Waals surface area contributed by atoms with Crippen molar-refractivity contribution in [1.82, 2.24) is 5.32 Å². The van der Waals surface area contributed by atoms with E-state index in [-0.39, 0.29) is 5.60 Å². The molecule has 1 aliphatic heterocycles. The van der Waals surface area contributed by atoms with Crippen LogP contribution in [0, 0.1) is 5.92 Å². The summed E-state index contributed by atoms with van der Waals surface area (Å²) in [5, 5.41) is 4.37. The minimum atomic E-state index is -0.0329. The smallest absolute Gasteiger partial charge is 0.125 e. The molecule has 0 aromatic heterocycles. The second kappa shape index (κ2) is 4.99. The van der Waals surface area contributed by atoms with E-state index in [4.69, 9.17) is 16.3 Å². The van der Waals surface area contributed by atoms with E-state index in [9.17, 15) is 0 Å². The van der Waals surface area contributed by atoms with Crippen molar-refractivity contribution < 1.29 is 4.74 Å². The lowest BCUT2D eigenvalue weighted by Crippen LogP contribution is -2.42. The molecule has 0 bridgehead atoms. The zero-order valence-corrected chi connectivity index (χ0v) is 12.5. The van der Waals surface area contributed by atoms with Gasteiger partial charge in [0, 0.05) is 23.0 Å². The average Bonchev–Trinajstić information content (AvgIpc) is 3.14. The van der Waals surface area contributed by atoms with Crippen molar-refractivity contribution in [2.75, 3.05) is 6.54 Å². The number of rotatable bonds is 4. The lowest BCUT2D eigenvalue weighted by Gasteiger charge is -2.40. The Morgan fingerprint density at radius 2 is 2.21 bits per heavy atom. The molecule has 1 heterocycles. The third-order valence-corrected chi connectivity index (χ3v) is 4.44. The molecule has 1 saturated carbocycles. The summed E-state index contributed by atoms with van der Waals surface area (Å²) >= 11 is 6.12. The first kappa shape index (κ1) is 13.3. The Morgan fingerprint density at radius 3 is 2.89 bits per heavy atom. The standard InChI is InChI=1S/C16H22ClNO/c1-3-18-14-10-16(2,9-11-4-5-11)19-15-7-6-12(17)8-13(14)15/h6-8,11,14,18H,3-5,9-10H2,1-2H3. The van der Waals surface area contributed by atoms with Crippen LogP contribution in [0.2, 0.25) is 5.02 Å². The first-order valence-electron chi connectivity index (χ1n) is 7.31. The topological polar surface area (TPSA) is 21.3 Å². The maximum Gasteiger partial charge on any atom is 0.125 e. The van der Waals surface area contributed by atoms with Crippen LogP contribution in [0.3, 0.4) is 0 Å². The Morgan fingerprint density at radius 1 is 1.42 bits per heavy atom. The molecule has 3 rings (SSSR count). The van der Waals surface area contributed by atoms with Gasteiger partial charge in [0.1, 0.15) is 11.4 Å². The van der Waals surface area contributed by atoms with Crippen LogP contribution in [0.25, 0.3) is 0 Å². The molecule has 0 saturated heterocycles. The minimum Gasteiger partial charge on any atom is -0.487 e. The van der Waals surface area contributed by atoms with Crippen molar-refractivity contribution in [2.45, 2.75) is 51.2 Å². The molecular weight excluding hydrogens is 258 g/mol. The number of hydrogen-bond donors (Lipinski definition) is 1. The van der Waals surface area contributed by atoms with Crippen LogP contribution in [0.4, 0.5) is 0 Å². The molecule has 0 amide bonds. The summed E-state index contributed by atoms with van der Waals surface area (Å²) in [6, 6.07) is 6.34. The summed E-state index contributed by atoms with van der Waals surface area (Å²) < 4.78 is 6.30. The molecule has 2 unspecified atom stereocenters. The van der Waals surface area contributed by atoms with Crippen molar-refractivity contribution in [1.29, 1.82) is 0 Å². The van der Waals surface area contributed by atoms with Gasteiger partial charge >= 0.3 is 0 Å². The van der Waals surface area contributed by atoms with Gasteiger partial charge in [-0.2, -0.15) is 0 Å². The summed E-state index contributed by atoms with van der Waals surface area (Å²) in [7, 11) is 0. The second-order valence-electron chi connectivity index (χ2n) is 6.20. The first-order valence-corrected chi connectivity index (χ1v) is 7.69. The molecule has 1 N–H and O–H groups in total. The van der Waals surface area contributed by atoms with Crippen molar-refractivity contribution in [3.63, 3.8) is 0 Å². The van der Waals surface area contributed by atoms with Gasteiger partial charge in [-0.25, -0.2) is 0 Å². The number of hydrogen-bond acceptors (Lipinski definition) is 2. The van der Waals surface area contributed by atoms with Gasteiger partial charge in [0.05, 0.1) is 0 Å². The van der Waals surface area contributed by atoms with E-state index in [2.05, 4.69) is 19.2 Å². The lowest BCUT2D eigenvalue weighted by atomic mass is 9.85. The van der Waals surface area contributed by atoms with Crippen LogP contribution in [0.5, 0.6) is 5.75 Å². The molecule has 1 aliphatic carbocycles. The van der Waals surface area contributed by atoms with Gasteiger partial charge in [0.2, 0.25) is 0 Å². The molecule has 3 heteroatoms. The van der Waals surface area contributed by atoms with Gasteiger partial charge < -0.3 is 10.1 Å². The molecular formula is C16H22ClNO. The molecule has 0 radical (unpaired) electrons. The quantitative estimate of drug-likeness (QED) is 0.886. The summed E-state index contributed by atoms with van der Waals surface area (Å²) in [5.74, 6) is 1.88. The van der Waals surface area contributed by atoms with Crippen LogP contribution < -0.4 is 10.1 Å². The number of fused-ring (bicyclic) bond motifs is 1. The largest absolute Gasteiger partial charge is 0.487 e. The summed E-state index contributed by atoms with van der Waals surface area (Å²) in [4.78, 5) is 0. The highest BCUT2D eigenvalue weighted by molar-refractivity contribution is 6.30. The zero-order valence-electron chi connectivity index (χ0n) is 11.7. The molecule has 19 heavy (non-hydrogen) atoms. The van der Waals surface area contributed by atoms with Gasteiger partial charge in [-0.05, 0) is 44.0 Å². The predicted octanol–water partition coefficient (Wildman–Crippen LogP) is 4.33. The van der Waals surface area contributed by atoms with Crippen LogP contribution in [0.1, 0.15) is 51.1 Å². The fraction of sp³-hybridized carbons (Fsp3) is 0.625. The highest BCUT2D eigenvalue weighted by Gasteiger charge is 2.41. The van der Waals surface area contributed by atoms with Gasteiger partial charge in [0.15, 0.2) is 0 Å². The Balaban J connectivity index is 1.89. The van der Waals surface area contributed by atoms with Gasteiger partial charge in [-0.1, -0.05) is 31.4 Å². The minimum absolute atomic E-state index is 0.0329. The maximum absolute atomic E-state index is 6.30. The third kappa shape index (κ3) is 2.90. The molecule has 0 spiro atoms. The van der Waals surface area contributed by atoms with E-state index >= 15 is 0 Å². The Labute approximate surface area is 120 Å². The van der Waals surface area contributed by atoms with Crippen molar-refractivity contribution in [3.8, 4) is 5.75 Å². The Kier molecular flexibility index (Phi) is 3.48. The summed E-state index contributed by atoms with van der Waals surface area (Å²) in [6.07, 6.45) is 4.96. The van der Waals surface area contributed by atoms with E-state index in [0.717, 1.165) is 29.7 Å². The van der Waals surface area contributed by atoms with Gasteiger partial charge in [0.25, 0.3) is 0 Å². The fourth-order valence-corrected chi connectivity index (χ4v) is 3.40. The van der Waals surface area contributed by atoms with E-state index < -0.39 is 0 Å². The predicted molar refractivity (Wildman–Crippen MR) is 78.9 cm³/mol. The van der Waals surface area contributed by atoms with Crippen LogP contribution in [-0.4, -0.2) is 12.1 Å². The molecule has 2 atom stereocenters. The SMILES string of the molecule is CCNC1CC(C)(CC2CC2)Oc2ccc(Cl)cc21. The van der Waals surface area contributed by atoms with Crippen molar-refractivity contribution in [3.05, 3.63) is 28.8 Å². The van der Waals surface area contributed by atoms with E-state index in [1.54, 1.807) is 0 Å². The number of benzene rings is 1. The number of ether oxygens (including phenoxy) is 1. The van der Waals surface area contributed by atoms with Crippen LogP contribution in [0.15, 0.2) is 18.2 Å². The van der Waals surface area contributed by atoms with E-state index in [1.165, 1.54) is 24.8 Å². The molecule has 2 aliphatic rings. The normalized spacial score (nSPS) is 29.7. The molecule has 1 aromatic carbocycles. The van der Waals surface area contributed by atoms with E-state index in [0.29, 0.717) is 6.04 Å². The third-order valence-electron chi connectivity index (χ3n) is 4.21. The molecule has 104 valence electrons. The Hall–Kier alpha value is -0.730. The summed E-state index contributed by atoms with van der Waals surface area (Å²) in [5.41, 5.74) is 1.18. The number of nitrogens with one attached hydrogen (secondary N) is 1. The second-order valence-corrected chi connectivity index (χ2v) is 6.63. The van der Waals surface area contributed by atoms with Crippen molar-refractivity contribution in [2.24, 2.45) is 5.92 Å². The van der Waals surface area contributed by atoms with Gasteiger partial charge in [-0.15, -0.1) is 0 Å². The fourth-order valence-electron chi connectivity index (χ4n) is 3.22.